The maximum Gasteiger partial charge on any atom is 0.160 e. The van der Waals surface area contributed by atoms with Crippen molar-refractivity contribution in [2.45, 2.75) is 23.3 Å². The zero-order valence-corrected chi connectivity index (χ0v) is 18.1. The Morgan fingerprint density at radius 1 is 1.16 bits per heavy atom. The van der Waals surface area contributed by atoms with Crippen LogP contribution in [0.1, 0.15) is 17.0 Å². The summed E-state index contributed by atoms with van der Waals surface area (Å²) in [6.07, 6.45) is 4.33. The molecule has 0 unspecified atom stereocenters. The molecule has 2 aromatic heterocycles. The number of rotatable bonds is 6. The Labute approximate surface area is 185 Å². The first kappa shape index (κ1) is 21.2. The van der Waals surface area contributed by atoms with Crippen molar-refractivity contribution in [2.24, 2.45) is 5.73 Å². The monoisotopic (exact) mass is 433 g/mol. The summed E-state index contributed by atoms with van der Waals surface area (Å²) >= 11 is 1.49. The van der Waals surface area contributed by atoms with Crippen LogP contribution in [-0.4, -0.2) is 52.8 Å². The summed E-state index contributed by atoms with van der Waals surface area (Å²) in [6.45, 7) is 5.44. The van der Waals surface area contributed by atoms with Crippen LogP contribution in [0.3, 0.4) is 0 Å². The standard InChI is InChI=1S/C22H23N7OS/c1-15-27-20(29-6-8-30-9-7-29)11-21(28-15)31-19-10-16(12-24)2-3-18(19)22-25-13-17(4-5-23)14-26-22/h2-3,10-11,13-14H,4-9,23H2,1H3. The fourth-order valence-electron chi connectivity index (χ4n) is 3.30. The third-order valence-electron chi connectivity index (χ3n) is 4.84. The molecular formula is C22H23N7OS. The molecule has 0 radical (unpaired) electrons. The van der Waals surface area contributed by atoms with Gasteiger partial charge in [0.1, 0.15) is 16.7 Å². The van der Waals surface area contributed by atoms with Gasteiger partial charge in [-0.05, 0) is 43.7 Å². The first-order chi connectivity index (χ1) is 15.2. The van der Waals surface area contributed by atoms with Crippen LogP contribution in [0.2, 0.25) is 0 Å². The molecule has 1 aliphatic heterocycles. The largest absolute Gasteiger partial charge is 0.378 e. The molecule has 1 fully saturated rings. The van der Waals surface area contributed by atoms with E-state index >= 15 is 0 Å². The maximum absolute atomic E-state index is 9.40. The van der Waals surface area contributed by atoms with E-state index < -0.39 is 0 Å². The number of hydrogen-bond acceptors (Lipinski definition) is 9. The van der Waals surface area contributed by atoms with Crippen LogP contribution >= 0.6 is 11.8 Å². The van der Waals surface area contributed by atoms with Crippen molar-refractivity contribution >= 4 is 17.6 Å². The number of aromatic nitrogens is 4. The molecule has 4 rings (SSSR count). The first-order valence-electron chi connectivity index (χ1n) is 10.1. The first-order valence-corrected chi connectivity index (χ1v) is 10.9. The molecule has 31 heavy (non-hydrogen) atoms. The summed E-state index contributed by atoms with van der Waals surface area (Å²) in [7, 11) is 0. The molecule has 1 aliphatic rings. The summed E-state index contributed by atoms with van der Waals surface area (Å²) in [5, 5.41) is 10.2. The fraction of sp³-hybridized carbons (Fsp3) is 0.318. The average Bonchev–Trinajstić information content (AvgIpc) is 2.80. The topological polar surface area (TPSA) is 114 Å². The van der Waals surface area contributed by atoms with Gasteiger partial charge >= 0.3 is 0 Å². The Bertz CT molecular complexity index is 1090. The van der Waals surface area contributed by atoms with E-state index in [0.717, 1.165) is 46.4 Å². The molecular weight excluding hydrogens is 410 g/mol. The van der Waals surface area contributed by atoms with Gasteiger partial charge < -0.3 is 15.4 Å². The van der Waals surface area contributed by atoms with Crippen LogP contribution in [0.15, 0.2) is 46.6 Å². The lowest BCUT2D eigenvalue weighted by molar-refractivity contribution is 0.122. The van der Waals surface area contributed by atoms with Crippen LogP contribution in [0, 0.1) is 18.3 Å². The third kappa shape index (κ3) is 5.17. The van der Waals surface area contributed by atoms with E-state index in [-0.39, 0.29) is 0 Å². The van der Waals surface area contributed by atoms with E-state index in [1.54, 1.807) is 18.5 Å². The predicted octanol–water partition coefficient (Wildman–Crippen LogP) is 2.60. The second kappa shape index (κ2) is 9.83. The zero-order chi connectivity index (χ0) is 21.6. The molecule has 0 bridgehead atoms. The van der Waals surface area contributed by atoms with Gasteiger partial charge in [-0.3, -0.25) is 0 Å². The second-order valence-corrected chi connectivity index (χ2v) is 8.15. The number of aryl methyl sites for hydroxylation is 1. The van der Waals surface area contributed by atoms with E-state index in [4.69, 9.17) is 10.5 Å². The molecule has 9 heteroatoms. The van der Waals surface area contributed by atoms with Crippen molar-refractivity contribution in [1.82, 2.24) is 19.9 Å². The Kier molecular flexibility index (Phi) is 6.72. The molecule has 0 spiro atoms. The smallest absolute Gasteiger partial charge is 0.160 e. The quantitative estimate of drug-likeness (QED) is 0.586. The molecule has 1 aromatic carbocycles. The van der Waals surface area contributed by atoms with Crippen molar-refractivity contribution in [3.05, 3.63) is 53.6 Å². The van der Waals surface area contributed by atoms with Crippen LogP contribution in [0.4, 0.5) is 5.82 Å². The molecule has 1 saturated heterocycles. The van der Waals surface area contributed by atoms with E-state index in [1.165, 1.54) is 11.8 Å². The van der Waals surface area contributed by atoms with Gasteiger partial charge in [0.25, 0.3) is 0 Å². The lowest BCUT2D eigenvalue weighted by Gasteiger charge is -2.28. The number of nitrogens with two attached hydrogens (primary N) is 1. The normalized spacial score (nSPS) is 13.8. The van der Waals surface area contributed by atoms with Crippen LogP contribution in [0.5, 0.6) is 0 Å². The van der Waals surface area contributed by atoms with Crippen molar-refractivity contribution in [3.8, 4) is 17.5 Å². The Hall–Kier alpha value is -3.06. The highest BCUT2D eigenvalue weighted by atomic mass is 32.2. The summed E-state index contributed by atoms with van der Waals surface area (Å²) in [5.41, 5.74) is 8.04. The van der Waals surface area contributed by atoms with Gasteiger partial charge in [-0.2, -0.15) is 5.26 Å². The highest BCUT2D eigenvalue weighted by Gasteiger charge is 2.16. The second-order valence-electron chi connectivity index (χ2n) is 7.09. The third-order valence-corrected chi connectivity index (χ3v) is 5.82. The zero-order valence-electron chi connectivity index (χ0n) is 17.3. The van der Waals surface area contributed by atoms with Crippen LogP contribution in [-0.2, 0) is 11.2 Å². The maximum atomic E-state index is 9.40. The summed E-state index contributed by atoms with van der Waals surface area (Å²) < 4.78 is 5.45. The van der Waals surface area contributed by atoms with Crippen molar-refractivity contribution in [3.63, 3.8) is 0 Å². The number of nitriles is 1. The Balaban J connectivity index is 1.67. The van der Waals surface area contributed by atoms with Crippen molar-refractivity contribution in [1.29, 1.82) is 5.26 Å². The van der Waals surface area contributed by atoms with Gasteiger partial charge in [-0.25, -0.2) is 19.9 Å². The van der Waals surface area contributed by atoms with E-state index in [2.05, 4.69) is 30.9 Å². The number of anilines is 1. The molecule has 0 amide bonds. The van der Waals surface area contributed by atoms with Crippen molar-refractivity contribution in [2.75, 3.05) is 37.7 Å². The number of hydrogen-bond donors (Lipinski definition) is 1. The molecule has 0 aliphatic carbocycles. The predicted molar refractivity (Wildman–Crippen MR) is 119 cm³/mol. The van der Waals surface area contributed by atoms with E-state index in [0.29, 0.717) is 37.0 Å². The number of morpholine rings is 1. The number of benzene rings is 1. The van der Waals surface area contributed by atoms with Gasteiger partial charge in [0.2, 0.25) is 0 Å². The lowest BCUT2D eigenvalue weighted by Crippen LogP contribution is -2.36. The fourth-order valence-corrected chi connectivity index (χ4v) is 4.32. The Morgan fingerprint density at radius 3 is 2.65 bits per heavy atom. The number of nitrogens with zero attached hydrogens (tertiary/aromatic N) is 6. The lowest BCUT2D eigenvalue weighted by atomic mass is 10.1. The van der Waals surface area contributed by atoms with Gasteiger partial charge in [-0.1, -0.05) is 11.8 Å². The average molecular weight is 434 g/mol. The molecule has 3 heterocycles. The van der Waals surface area contributed by atoms with E-state index in [1.807, 2.05) is 25.1 Å². The SMILES string of the molecule is Cc1nc(Sc2cc(C#N)ccc2-c2ncc(CCN)cn2)cc(N2CCOCC2)n1. The number of ether oxygens (including phenoxy) is 1. The van der Waals surface area contributed by atoms with Gasteiger partial charge in [0.05, 0.1) is 24.8 Å². The van der Waals surface area contributed by atoms with Gasteiger partial charge in [0.15, 0.2) is 5.82 Å². The highest BCUT2D eigenvalue weighted by molar-refractivity contribution is 7.99. The van der Waals surface area contributed by atoms with Crippen LogP contribution in [0.25, 0.3) is 11.4 Å². The van der Waals surface area contributed by atoms with Gasteiger partial charge in [0, 0.05) is 42.0 Å². The van der Waals surface area contributed by atoms with E-state index in [9.17, 15) is 5.26 Å². The molecule has 3 aromatic rings. The van der Waals surface area contributed by atoms with Crippen LogP contribution < -0.4 is 10.6 Å². The van der Waals surface area contributed by atoms with Crippen molar-refractivity contribution < 1.29 is 4.74 Å². The summed E-state index contributed by atoms with van der Waals surface area (Å²) in [6, 6.07) is 9.71. The minimum absolute atomic E-state index is 0.555. The summed E-state index contributed by atoms with van der Waals surface area (Å²) in [5.74, 6) is 2.19. The summed E-state index contributed by atoms with van der Waals surface area (Å²) in [4.78, 5) is 21.3. The van der Waals surface area contributed by atoms with Gasteiger partial charge in [-0.15, -0.1) is 0 Å². The minimum Gasteiger partial charge on any atom is -0.378 e. The molecule has 0 atom stereocenters. The minimum atomic E-state index is 0.555. The highest BCUT2D eigenvalue weighted by Crippen LogP contribution is 2.35. The molecule has 0 saturated carbocycles. The molecule has 158 valence electrons. The molecule has 2 N–H and O–H groups in total. The Morgan fingerprint density at radius 2 is 1.94 bits per heavy atom. The molecule has 8 nitrogen and oxygen atoms in total.